The highest BCUT2D eigenvalue weighted by Gasteiger charge is 2.24. The number of hydrogen-bond acceptors (Lipinski definition) is 4. The topological polar surface area (TPSA) is 63.2 Å². The second kappa shape index (κ2) is 8.47. The van der Waals surface area contributed by atoms with Crippen LogP contribution in [-0.2, 0) is 11.3 Å². The van der Waals surface area contributed by atoms with Crippen LogP contribution >= 0.6 is 0 Å². The average Bonchev–Trinajstić information content (AvgIpc) is 2.61. The molecule has 5 nitrogen and oxygen atoms in total. The van der Waals surface area contributed by atoms with Crippen molar-refractivity contribution in [2.24, 2.45) is 5.92 Å². The second-order valence-electron chi connectivity index (χ2n) is 7.17. The number of amides is 1. The van der Waals surface area contributed by atoms with Crippen molar-refractivity contribution >= 4 is 5.91 Å². The molecule has 24 heavy (non-hydrogen) atoms. The first-order chi connectivity index (χ1) is 11.7. The van der Waals surface area contributed by atoms with Crippen molar-refractivity contribution in [2.75, 3.05) is 6.54 Å². The van der Waals surface area contributed by atoms with E-state index in [1.165, 1.54) is 19.3 Å². The number of carbonyl (C=O) groups is 1. The summed E-state index contributed by atoms with van der Waals surface area (Å²) in [4.78, 5) is 16.7. The van der Waals surface area contributed by atoms with Crippen molar-refractivity contribution in [3.05, 3.63) is 23.9 Å². The Balaban J connectivity index is 1.49. The summed E-state index contributed by atoms with van der Waals surface area (Å²) in [6.07, 6.45) is 9.95. The maximum absolute atomic E-state index is 12.3. The minimum absolute atomic E-state index is 0.126. The summed E-state index contributed by atoms with van der Waals surface area (Å²) in [6.45, 7) is 3.60. The third-order valence-corrected chi connectivity index (χ3v) is 5.10. The lowest BCUT2D eigenvalue weighted by Gasteiger charge is -2.27. The Morgan fingerprint density at radius 3 is 2.96 bits per heavy atom. The van der Waals surface area contributed by atoms with Crippen LogP contribution in [0.1, 0.15) is 57.4 Å². The van der Waals surface area contributed by atoms with Gasteiger partial charge in [-0.15, -0.1) is 0 Å². The van der Waals surface area contributed by atoms with E-state index in [1.54, 1.807) is 6.20 Å². The number of ether oxygens (including phenoxy) is 1. The van der Waals surface area contributed by atoms with Crippen molar-refractivity contribution in [3.8, 4) is 5.88 Å². The maximum Gasteiger partial charge on any atom is 0.223 e. The van der Waals surface area contributed by atoms with Crippen molar-refractivity contribution < 1.29 is 9.53 Å². The molecule has 2 atom stereocenters. The molecular weight excluding hydrogens is 302 g/mol. The van der Waals surface area contributed by atoms with Gasteiger partial charge in [0.2, 0.25) is 11.8 Å². The molecule has 0 bridgehead atoms. The number of nitrogens with zero attached hydrogens (tertiary/aromatic N) is 1. The van der Waals surface area contributed by atoms with Gasteiger partial charge in [0.05, 0.1) is 0 Å². The van der Waals surface area contributed by atoms with Crippen molar-refractivity contribution in [3.63, 3.8) is 0 Å². The lowest BCUT2D eigenvalue weighted by atomic mass is 9.92. The molecule has 2 fully saturated rings. The van der Waals surface area contributed by atoms with E-state index in [0.29, 0.717) is 24.6 Å². The van der Waals surface area contributed by atoms with Gasteiger partial charge in [-0.25, -0.2) is 4.98 Å². The zero-order chi connectivity index (χ0) is 16.8. The Bertz CT molecular complexity index is 543. The quantitative estimate of drug-likeness (QED) is 0.871. The molecule has 1 aromatic heterocycles. The molecule has 2 aliphatic rings. The van der Waals surface area contributed by atoms with E-state index >= 15 is 0 Å². The largest absolute Gasteiger partial charge is 0.474 e. The van der Waals surface area contributed by atoms with Gasteiger partial charge in [0.15, 0.2) is 0 Å². The fraction of sp³-hybridized carbons (Fsp3) is 0.684. The Kier molecular flexibility index (Phi) is 6.07. The van der Waals surface area contributed by atoms with Crippen LogP contribution in [0.2, 0.25) is 0 Å². The van der Waals surface area contributed by atoms with E-state index in [9.17, 15) is 4.79 Å². The van der Waals surface area contributed by atoms with Gasteiger partial charge in [-0.2, -0.15) is 0 Å². The number of hydrogen-bond donors (Lipinski definition) is 2. The Hall–Kier alpha value is -1.62. The van der Waals surface area contributed by atoms with Gasteiger partial charge < -0.3 is 15.4 Å². The number of piperidine rings is 1. The third kappa shape index (κ3) is 4.94. The maximum atomic E-state index is 12.3. The molecule has 1 saturated carbocycles. The van der Waals surface area contributed by atoms with Gasteiger partial charge >= 0.3 is 0 Å². The summed E-state index contributed by atoms with van der Waals surface area (Å²) in [6, 6.07) is 4.32. The molecule has 1 saturated heterocycles. The van der Waals surface area contributed by atoms with E-state index in [4.69, 9.17) is 4.74 Å². The summed E-state index contributed by atoms with van der Waals surface area (Å²) >= 11 is 0. The first-order valence-electron chi connectivity index (χ1n) is 9.33. The van der Waals surface area contributed by atoms with Gasteiger partial charge in [0, 0.05) is 30.8 Å². The average molecular weight is 331 g/mol. The molecule has 0 spiro atoms. The number of pyridine rings is 1. The Morgan fingerprint density at radius 2 is 2.17 bits per heavy atom. The van der Waals surface area contributed by atoms with Gasteiger partial charge in [-0.1, -0.05) is 6.42 Å². The SMILES string of the molecule is C[C@H]1C[C@@H](C(=O)NCc2ccnc(OC3CCCCC3)c2)CCN1. The van der Waals surface area contributed by atoms with Crippen LogP contribution in [0, 0.1) is 5.92 Å². The number of rotatable bonds is 5. The van der Waals surface area contributed by atoms with E-state index in [1.807, 2.05) is 12.1 Å². The predicted octanol–water partition coefficient (Wildman–Crippen LogP) is 2.80. The van der Waals surface area contributed by atoms with Crippen molar-refractivity contribution in [2.45, 2.75) is 70.6 Å². The fourth-order valence-electron chi connectivity index (χ4n) is 3.68. The second-order valence-corrected chi connectivity index (χ2v) is 7.17. The highest BCUT2D eigenvalue weighted by Crippen LogP contribution is 2.22. The molecule has 0 aromatic carbocycles. The monoisotopic (exact) mass is 331 g/mol. The van der Waals surface area contributed by atoms with Crippen LogP contribution < -0.4 is 15.4 Å². The molecule has 0 unspecified atom stereocenters. The molecule has 1 aliphatic heterocycles. The minimum Gasteiger partial charge on any atom is -0.474 e. The molecule has 1 aliphatic carbocycles. The van der Waals surface area contributed by atoms with Crippen LogP contribution in [0.5, 0.6) is 5.88 Å². The van der Waals surface area contributed by atoms with Crippen LogP contribution in [0.25, 0.3) is 0 Å². The molecular formula is C19H29N3O2. The van der Waals surface area contributed by atoms with Crippen LogP contribution in [0.4, 0.5) is 0 Å². The first-order valence-corrected chi connectivity index (χ1v) is 9.33. The third-order valence-electron chi connectivity index (χ3n) is 5.10. The molecule has 2 N–H and O–H groups in total. The van der Waals surface area contributed by atoms with Gasteiger partial charge in [-0.05, 0) is 63.6 Å². The van der Waals surface area contributed by atoms with Crippen LogP contribution in [-0.4, -0.2) is 29.6 Å². The molecule has 1 amide bonds. The number of aromatic nitrogens is 1. The lowest BCUT2D eigenvalue weighted by Crippen LogP contribution is -2.42. The Labute approximate surface area is 144 Å². The molecule has 5 heteroatoms. The van der Waals surface area contributed by atoms with Gasteiger partial charge in [-0.3, -0.25) is 4.79 Å². The van der Waals surface area contributed by atoms with E-state index < -0.39 is 0 Å². The standard InChI is InChI=1S/C19H29N3O2/c1-14-11-16(8-10-20-14)19(23)22-13-15-7-9-21-18(12-15)24-17-5-3-2-4-6-17/h7,9,12,14,16-17,20H,2-6,8,10-11,13H2,1H3,(H,22,23)/t14-,16-/m0/s1. The molecule has 2 heterocycles. The molecule has 3 rings (SSSR count). The van der Waals surface area contributed by atoms with Crippen molar-refractivity contribution in [1.29, 1.82) is 0 Å². The molecule has 1 aromatic rings. The van der Waals surface area contributed by atoms with Gasteiger partial charge in [0.1, 0.15) is 6.10 Å². The molecule has 132 valence electrons. The van der Waals surface area contributed by atoms with E-state index in [2.05, 4.69) is 22.5 Å². The summed E-state index contributed by atoms with van der Waals surface area (Å²) in [7, 11) is 0. The first kappa shape index (κ1) is 17.2. The zero-order valence-corrected chi connectivity index (χ0v) is 14.6. The van der Waals surface area contributed by atoms with Gasteiger partial charge in [0.25, 0.3) is 0 Å². The lowest BCUT2D eigenvalue weighted by molar-refractivity contribution is -0.126. The highest BCUT2D eigenvalue weighted by molar-refractivity contribution is 5.78. The summed E-state index contributed by atoms with van der Waals surface area (Å²) in [5, 5.41) is 6.45. The van der Waals surface area contributed by atoms with E-state index in [-0.39, 0.29) is 11.8 Å². The summed E-state index contributed by atoms with van der Waals surface area (Å²) in [5.41, 5.74) is 1.05. The number of carbonyl (C=O) groups excluding carboxylic acids is 1. The highest BCUT2D eigenvalue weighted by atomic mass is 16.5. The molecule has 0 radical (unpaired) electrons. The van der Waals surface area contributed by atoms with Crippen molar-refractivity contribution in [1.82, 2.24) is 15.6 Å². The normalized spacial score (nSPS) is 25.2. The predicted molar refractivity (Wildman–Crippen MR) is 93.8 cm³/mol. The van der Waals surface area contributed by atoms with E-state index in [0.717, 1.165) is 37.8 Å². The minimum atomic E-state index is 0.126. The van der Waals surface area contributed by atoms with Crippen LogP contribution in [0.15, 0.2) is 18.3 Å². The smallest absolute Gasteiger partial charge is 0.223 e. The fourth-order valence-corrected chi connectivity index (χ4v) is 3.68. The number of nitrogens with one attached hydrogen (secondary N) is 2. The summed E-state index contributed by atoms with van der Waals surface area (Å²) in [5.74, 6) is 0.972. The van der Waals surface area contributed by atoms with Crippen LogP contribution in [0.3, 0.4) is 0 Å². The Morgan fingerprint density at radius 1 is 1.33 bits per heavy atom. The summed E-state index contributed by atoms with van der Waals surface area (Å²) < 4.78 is 6.00. The zero-order valence-electron chi connectivity index (χ0n) is 14.6.